The van der Waals surface area contributed by atoms with Crippen molar-refractivity contribution in [3.05, 3.63) is 0 Å². The minimum atomic E-state index is -0.341. The molecule has 1 N–H and O–H groups in total. The molecule has 0 aromatic rings. The predicted octanol–water partition coefficient (Wildman–Crippen LogP) is 2.18. The second kappa shape index (κ2) is 7.16. The number of nitrogens with one attached hydrogen (secondary N) is 1. The number of hydrogen-bond donors (Lipinski definition) is 1. The van der Waals surface area contributed by atoms with Gasteiger partial charge in [0.15, 0.2) is 0 Å². The number of thioether (sulfide) groups is 1. The van der Waals surface area contributed by atoms with E-state index in [0.29, 0.717) is 5.25 Å². The molecule has 1 aliphatic rings. The summed E-state index contributed by atoms with van der Waals surface area (Å²) < 4.78 is 5.12. The summed E-state index contributed by atoms with van der Waals surface area (Å²) in [7, 11) is 0. The van der Waals surface area contributed by atoms with Crippen LogP contribution in [0.1, 0.15) is 33.1 Å². The molecule has 1 atom stereocenters. The zero-order valence-corrected chi connectivity index (χ0v) is 11.1. The van der Waals surface area contributed by atoms with Crippen LogP contribution in [0.25, 0.3) is 0 Å². The van der Waals surface area contributed by atoms with Gasteiger partial charge in [-0.15, -0.1) is 0 Å². The van der Waals surface area contributed by atoms with Gasteiger partial charge in [-0.3, -0.25) is 5.32 Å². The molecule has 0 aromatic heterocycles. The average Bonchev–Trinajstić information content (AvgIpc) is 2.24. The summed E-state index contributed by atoms with van der Waals surface area (Å²) in [5, 5.41) is 13.2. The SMILES string of the molecule is CCCNC(C)(C#N)CCCSC1COC1. The van der Waals surface area contributed by atoms with Gasteiger partial charge in [0.2, 0.25) is 0 Å². The molecule has 16 heavy (non-hydrogen) atoms. The Morgan fingerprint density at radius 3 is 2.81 bits per heavy atom. The van der Waals surface area contributed by atoms with Gasteiger partial charge in [0.25, 0.3) is 0 Å². The van der Waals surface area contributed by atoms with Gasteiger partial charge in [0, 0.05) is 0 Å². The Bertz CT molecular complexity index is 238. The van der Waals surface area contributed by atoms with E-state index in [2.05, 4.69) is 18.3 Å². The number of nitrogens with zero attached hydrogens (tertiary/aromatic N) is 1. The molecule has 1 saturated heterocycles. The maximum Gasteiger partial charge on any atom is 0.103 e. The number of ether oxygens (including phenoxy) is 1. The van der Waals surface area contributed by atoms with E-state index in [4.69, 9.17) is 10.00 Å². The number of nitriles is 1. The van der Waals surface area contributed by atoms with Crippen LogP contribution in [-0.4, -0.2) is 36.3 Å². The van der Waals surface area contributed by atoms with Crippen molar-refractivity contribution in [2.24, 2.45) is 0 Å². The van der Waals surface area contributed by atoms with E-state index in [1.54, 1.807) is 0 Å². The van der Waals surface area contributed by atoms with E-state index in [1.165, 1.54) is 0 Å². The molecule has 3 nitrogen and oxygen atoms in total. The summed E-state index contributed by atoms with van der Waals surface area (Å²) >= 11 is 1.98. The highest BCUT2D eigenvalue weighted by atomic mass is 32.2. The molecule has 0 aromatic carbocycles. The molecule has 1 unspecified atom stereocenters. The molecule has 1 fully saturated rings. The van der Waals surface area contributed by atoms with Crippen LogP contribution < -0.4 is 5.32 Å². The molecule has 1 heterocycles. The van der Waals surface area contributed by atoms with Crippen LogP contribution in [0.15, 0.2) is 0 Å². The molecular formula is C12H22N2OS. The number of rotatable bonds is 8. The van der Waals surface area contributed by atoms with Crippen LogP contribution in [0.2, 0.25) is 0 Å². The smallest absolute Gasteiger partial charge is 0.103 e. The lowest BCUT2D eigenvalue weighted by atomic mass is 9.98. The normalized spacial score (nSPS) is 19.8. The van der Waals surface area contributed by atoms with E-state index in [-0.39, 0.29) is 5.54 Å². The van der Waals surface area contributed by atoms with Crippen LogP contribution in [-0.2, 0) is 4.74 Å². The Kier molecular flexibility index (Phi) is 6.18. The highest BCUT2D eigenvalue weighted by Gasteiger charge is 2.23. The van der Waals surface area contributed by atoms with Gasteiger partial charge in [-0.2, -0.15) is 17.0 Å². The fraction of sp³-hybridized carbons (Fsp3) is 0.917. The van der Waals surface area contributed by atoms with Crippen molar-refractivity contribution in [3.8, 4) is 6.07 Å². The number of hydrogen-bond acceptors (Lipinski definition) is 4. The largest absolute Gasteiger partial charge is 0.379 e. The molecule has 1 rings (SSSR count). The predicted molar refractivity (Wildman–Crippen MR) is 68.6 cm³/mol. The van der Waals surface area contributed by atoms with E-state index < -0.39 is 0 Å². The second-order valence-electron chi connectivity index (χ2n) is 4.50. The summed E-state index contributed by atoms with van der Waals surface area (Å²) in [6, 6.07) is 2.38. The molecule has 92 valence electrons. The summed E-state index contributed by atoms with van der Waals surface area (Å²) in [5.74, 6) is 1.14. The van der Waals surface area contributed by atoms with Crippen molar-refractivity contribution < 1.29 is 4.74 Å². The highest BCUT2D eigenvalue weighted by Crippen LogP contribution is 2.21. The fourth-order valence-electron chi connectivity index (χ4n) is 1.57. The first-order chi connectivity index (χ1) is 7.70. The Labute approximate surface area is 103 Å². The van der Waals surface area contributed by atoms with Gasteiger partial charge in [0.05, 0.1) is 24.5 Å². The zero-order chi connectivity index (χ0) is 11.9. The van der Waals surface area contributed by atoms with Crippen LogP contribution in [0.5, 0.6) is 0 Å². The van der Waals surface area contributed by atoms with Gasteiger partial charge >= 0.3 is 0 Å². The fourth-order valence-corrected chi connectivity index (χ4v) is 2.60. The Morgan fingerprint density at radius 1 is 1.56 bits per heavy atom. The second-order valence-corrected chi connectivity index (χ2v) is 5.91. The standard InChI is InChI=1S/C12H22N2OS/c1-3-6-14-12(2,10-13)5-4-7-16-11-8-15-9-11/h11,14H,3-9H2,1-2H3. The first kappa shape index (κ1) is 13.8. The summed E-state index contributed by atoms with van der Waals surface area (Å²) in [4.78, 5) is 0. The summed E-state index contributed by atoms with van der Waals surface area (Å²) in [6.07, 6.45) is 3.11. The average molecular weight is 242 g/mol. The summed E-state index contributed by atoms with van der Waals surface area (Å²) in [6.45, 7) is 6.87. The first-order valence-electron chi connectivity index (χ1n) is 6.06. The Balaban J connectivity index is 2.09. The van der Waals surface area contributed by atoms with E-state index in [1.807, 2.05) is 18.7 Å². The van der Waals surface area contributed by atoms with Crippen molar-refractivity contribution >= 4 is 11.8 Å². The molecular weight excluding hydrogens is 220 g/mol. The van der Waals surface area contributed by atoms with Crippen LogP contribution in [0.3, 0.4) is 0 Å². The van der Waals surface area contributed by atoms with Crippen LogP contribution in [0.4, 0.5) is 0 Å². The van der Waals surface area contributed by atoms with Gasteiger partial charge in [-0.1, -0.05) is 6.92 Å². The molecule has 0 aliphatic carbocycles. The van der Waals surface area contributed by atoms with E-state index >= 15 is 0 Å². The quantitative estimate of drug-likeness (QED) is 0.663. The lowest BCUT2D eigenvalue weighted by Crippen LogP contribution is -2.41. The van der Waals surface area contributed by atoms with Gasteiger partial charge in [-0.05, 0) is 38.5 Å². The molecule has 0 spiro atoms. The van der Waals surface area contributed by atoms with Gasteiger partial charge < -0.3 is 4.74 Å². The lowest BCUT2D eigenvalue weighted by Gasteiger charge is -2.26. The maximum absolute atomic E-state index is 9.14. The van der Waals surface area contributed by atoms with E-state index in [9.17, 15) is 0 Å². The third-order valence-corrected chi connectivity index (χ3v) is 4.06. The topological polar surface area (TPSA) is 45.0 Å². The molecule has 4 heteroatoms. The molecule has 0 saturated carbocycles. The monoisotopic (exact) mass is 242 g/mol. The molecule has 0 bridgehead atoms. The summed E-state index contributed by atoms with van der Waals surface area (Å²) in [5.41, 5.74) is -0.341. The minimum Gasteiger partial charge on any atom is -0.379 e. The Morgan fingerprint density at radius 2 is 2.31 bits per heavy atom. The van der Waals surface area contributed by atoms with Crippen molar-refractivity contribution in [3.63, 3.8) is 0 Å². The van der Waals surface area contributed by atoms with Crippen molar-refractivity contribution in [2.75, 3.05) is 25.5 Å². The third kappa shape index (κ3) is 4.73. The Hall–Kier alpha value is -0.240. The van der Waals surface area contributed by atoms with Gasteiger partial charge in [-0.25, -0.2) is 0 Å². The maximum atomic E-state index is 9.14. The zero-order valence-electron chi connectivity index (χ0n) is 10.3. The van der Waals surface area contributed by atoms with E-state index in [0.717, 1.165) is 44.8 Å². The first-order valence-corrected chi connectivity index (χ1v) is 7.10. The van der Waals surface area contributed by atoms with Crippen molar-refractivity contribution in [1.82, 2.24) is 5.32 Å². The highest BCUT2D eigenvalue weighted by molar-refractivity contribution is 8.00. The third-order valence-electron chi connectivity index (χ3n) is 2.79. The lowest BCUT2D eigenvalue weighted by molar-refractivity contribution is 0.0455. The van der Waals surface area contributed by atoms with Gasteiger partial charge in [0.1, 0.15) is 5.54 Å². The molecule has 1 aliphatic heterocycles. The minimum absolute atomic E-state index is 0.341. The molecule has 0 radical (unpaired) electrons. The molecule has 0 amide bonds. The van der Waals surface area contributed by atoms with Crippen molar-refractivity contribution in [2.45, 2.75) is 43.9 Å². The van der Waals surface area contributed by atoms with Crippen LogP contribution in [0, 0.1) is 11.3 Å². The van der Waals surface area contributed by atoms with Crippen LogP contribution >= 0.6 is 11.8 Å². The van der Waals surface area contributed by atoms with Crippen molar-refractivity contribution in [1.29, 1.82) is 5.26 Å².